The summed E-state index contributed by atoms with van der Waals surface area (Å²) < 4.78 is 25.9. The summed E-state index contributed by atoms with van der Waals surface area (Å²) in [4.78, 5) is 12.7. The number of carbonyl (C=O) groups is 1. The molecule has 6 nitrogen and oxygen atoms in total. The number of amides is 1. The van der Waals surface area contributed by atoms with Crippen LogP contribution in [0.3, 0.4) is 0 Å². The zero-order valence-corrected chi connectivity index (χ0v) is 21.3. The highest BCUT2D eigenvalue weighted by atomic mass is 32.2. The van der Waals surface area contributed by atoms with Gasteiger partial charge in [-0.3, -0.25) is 4.79 Å². The number of hydrogen-bond donors (Lipinski definition) is 3. The van der Waals surface area contributed by atoms with Crippen LogP contribution >= 0.6 is 0 Å². The van der Waals surface area contributed by atoms with Crippen molar-refractivity contribution in [2.24, 2.45) is 0 Å². The lowest BCUT2D eigenvalue weighted by atomic mass is 10.0. The molecular formula is C29H28N2O4S. The van der Waals surface area contributed by atoms with Gasteiger partial charge in [0, 0.05) is 12.1 Å². The Hall–Kier alpha value is -4.10. The lowest BCUT2D eigenvalue weighted by molar-refractivity contribution is 0.0951. The van der Waals surface area contributed by atoms with Crippen LogP contribution in [0.4, 0.5) is 11.4 Å². The summed E-state index contributed by atoms with van der Waals surface area (Å²) in [7, 11) is -2.92. The first-order valence-corrected chi connectivity index (χ1v) is 12.6. The Labute approximate surface area is 212 Å². The number of aromatic hydroxyl groups is 1. The molecule has 0 atom stereocenters. The van der Waals surface area contributed by atoms with Crippen molar-refractivity contribution in [3.8, 4) is 16.9 Å². The predicted octanol–water partition coefficient (Wildman–Crippen LogP) is 5.58. The van der Waals surface area contributed by atoms with Gasteiger partial charge in [-0.15, -0.1) is 0 Å². The Morgan fingerprint density at radius 1 is 0.833 bits per heavy atom. The summed E-state index contributed by atoms with van der Waals surface area (Å²) in [5, 5.41) is 12.4. The molecule has 4 rings (SSSR count). The number of nitrogens with zero attached hydrogens (tertiary/aromatic N) is 1. The maximum Gasteiger partial charge on any atom is 0.251 e. The number of carbonyl (C=O) groups excluding carboxylic acids is 1. The van der Waals surface area contributed by atoms with E-state index in [1.54, 1.807) is 42.5 Å². The minimum Gasteiger partial charge on any atom is -0.508 e. The number of anilines is 2. The number of phenolic OH excluding ortho intramolecular Hbond substituents is 1. The average molecular weight is 501 g/mol. The molecule has 0 saturated heterocycles. The second-order valence-corrected chi connectivity index (χ2v) is 9.65. The molecule has 0 aliphatic rings. The minimum atomic E-state index is -2.92. The van der Waals surface area contributed by atoms with Gasteiger partial charge in [0.2, 0.25) is 10.9 Å². The first-order valence-electron chi connectivity index (χ1n) is 11.5. The standard InChI is InChI=1S/C29H28N2O4S/c1-19-15-20(2)28(21(3)16-19)31(36(34)35)26-6-4-5-22(17-26)18-30-29(33)25-9-7-23(8-10-25)24-11-13-27(32)14-12-24/h4-17,32,36H,18H2,1-3H3,(H,30,33). The van der Waals surface area contributed by atoms with Gasteiger partial charge in [-0.1, -0.05) is 54.1 Å². The van der Waals surface area contributed by atoms with Gasteiger partial charge in [-0.05, 0) is 85.0 Å². The first kappa shape index (κ1) is 25.0. The first-order chi connectivity index (χ1) is 17.2. The molecule has 184 valence electrons. The van der Waals surface area contributed by atoms with E-state index >= 15 is 0 Å². The van der Waals surface area contributed by atoms with E-state index in [0.717, 1.165) is 33.4 Å². The molecular weight excluding hydrogens is 472 g/mol. The van der Waals surface area contributed by atoms with E-state index in [9.17, 15) is 18.3 Å². The van der Waals surface area contributed by atoms with Gasteiger partial charge in [0.25, 0.3) is 5.91 Å². The number of aryl methyl sites for hydroxylation is 3. The van der Waals surface area contributed by atoms with Crippen molar-refractivity contribution < 1.29 is 18.3 Å². The summed E-state index contributed by atoms with van der Waals surface area (Å²) in [6.45, 7) is 6.04. The van der Waals surface area contributed by atoms with E-state index in [2.05, 4.69) is 5.32 Å². The van der Waals surface area contributed by atoms with E-state index in [0.29, 0.717) is 16.9 Å². The van der Waals surface area contributed by atoms with Crippen LogP contribution in [0.5, 0.6) is 5.75 Å². The van der Waals surface area contributed by atoms with Crippen LogP contribution in [0.2, 0.25) is 0 Å². The lowest BCUT2D eigenvalue weighted by Gasteiger charge is -2.23. The Morgan fingerprint density at radius 3 is 2.00 bits per heavy atom. The lowest BCUT2D eigenvalue weighted by Crippen LogP contribution is -2.23. The molecule has 0 aliphatic carbocycles. The molecule has 36 heavy (non-hydrogen) atoms. The van der Waals surface area contributed by atoms with Gasteiger partial charge in [-0.2, -0.15) is 0 Å². The van der Waals surface area contributed by atoms with Gasteiger partial charge in [0.1, 0.15) is 5.75 Å². The number of rotatable bonds is 7. The molecule has 0 aromatic heterocycles. The third-order valence-corrected chi connectivity index (χ3v) is 6.72. The van der Waals surface area contributed by atoms with E-state index < -0.39 is 10.9 Å². The molecule has 1 amide bonds. The quantitative estimate of drug-likeness (QED) is 0.289. The highest BCUT2D eigenvalue weighted by Crippen LogP contribution is 2.33. The molecule has 0 spiro atoms. The van der Waals surface area contributed by atoms with Crippen LogP contribution in [0, 0.1) is 20.8 Å². The average Bonchev–Trinajstić information content (AvgIpc) is 2.85. The molecule has 0 unspecified atom stereocenters. The highest BCUT2D eigenvalue weighted by Gasteiger charge is 2.17. The summed E-state index contributed by atoms with van der Waals surface area (Å²) >= 11 is 0. The van der Waals surface area contributed by atoms with Crippen LogP contribution in [-0.4, -0.2) is 19.4 Å². The molecule has 2 N–H and O–H groups in total. The topological polar surface area (TPSA) is 86.7 Å². The number of hydrogen-bond acceptors (Lipinski definition) is 4. The fraction of sp³-hybridized carbons (Fsp3) is 0.138. The summed E-state index contributed by atoms with van der Waals surface area (Å²) in [6, 6.07) is 25.2. The number of nitrogens with one attached hydrogen (secondary N) is 1. The SMILES string of the molecule is Cc1cc(C)c(N(c2cccc(CNC(=O)c3ccc(-c4ccc(O)cc4)cc3)c2)[SH](=O)=O)c(C)c1. The van der Waals surface area contributed by atoms with Gasteiger partial charge >= 0.3 is 0 Å². The normalized spacial score (nSPS) is 10.9. The molecule has 7 heteroatoms. The summed E-state index contributed by atoms with van der Waals surface area (Å²) in [5.41, 5.74) is 7.17. The minimum absolute atomic E-state index is 0.202. The Kier molecular flexibility index (Phi) is 7.41. The molecule has 0 bridgehead atoms. The van der Waals surface area contributed by atoms with E-state index in [4.69, 9.17) is 0 Å². The smallest absolute Gasteiger partial charge is 0.251 e. The number of phenols is 1. The van der Waals surface area contributed by atoms with Gasteiger partial charge in [0.15, 0.2) is 0 Å². The van der Waals surface area contributed by atoms with Crippen molar-refractivity contribution in [2.45, 2.75) is 27.3 Å². The number of benzene rings is 4. The van der Waals surface area contributed by atoms with Crippen LogP contribution in [-0.2, 0) is 17.4 Å². The third kappa shape index (κ3) is 5.58. The highest BCUT2D eigenvalue weighted by molar-refractivity contribution is 7.74. The monoisotopic (exact) mass is 500 g/mol. The fourth-order valence-electron chi connectivity index (χ4n) is 4.36. The van der Waals surface area contributed by atoms with E-state index in [-0.39, 0.29) is 18.2 Å². The van der Waals surface area contributed by atoms with Gasteiger partial charge < -0.3 is 10.4 Å². The largest absolute Gasteiger partial charge is 0.508 e. The van der Waals surface area contributed by atoms with Crippen LogP contribution < -0.4 is 9.62 Å². The van der Waals surface area contributed by atoms with Gasteiger partial charge in [0.05, 0.1) is 11.4 Å². The van der Waals surface area contributed by atoms with Crippen molar-refractivity contribution in [3.63, 3.8) is 0 Å². The zero-order chi connectivity index (χ0) is 25.8. The van der Waals surface area contributed by atoms with Crippen molar-refractivity contribution in [1.29, 1.82) is 0 Å². The second-order valence-electron chi connectivity index (χ2n) is 8.77. The van der Waals surface area contributed by atoms with Crippen LogP contribution in [0.15, 0.2) is 84.9 Å². The van der Waals surface area contributed by atoms with Crippen molar-refractivity contribution in [2.75, 3.05) is 4.31 Å². The molecule has 0 radical (unpaired) electrons. The van der Waals surface area contributed by atoms with Crippen molar-refractivity contribution in [1.82, 2.24) is 5.32 Å². The molecule has 0 fully saturated rings. The zero-order valence-electron chi connectivity index (χ0n) is 20.4. The molecule has 0 aliphatic heterocycles. The Morgan fingerprint density at radius 2 is 1.42 bits per heavy atom. The maximum absolute atomic E-state index is 12.7. The van der Waals surface area contributed by atoms with Crippen molar-refractivity contribution in [3.05, 3.63) is 113 Å². The van der Waals surface area contributed by atoms with E-state index in [1.165, 1.54) is 4.31 Å². The van der Waals surface area contributed by atoms with Crippen LogP contribution in [0.25, 0.3) is 11.1 Å². The molecule has 0 saturated carbocycles. The van der Waals surface area contributed by atoms with Crippen molar-refractivity contribution >= 4 is 28.2 Å². The fourth-order valence-corrected chi connectivity index (χ4v) is 5.15. The summed E-state index contributed by atoms with van der Waals surface area (Å²) in [6.07, 6.45) is 0. The second kappa shape index (κ2) is 10.7. The predicted molar refractivity (Wildman–Crippen MR) is 144 cm³/mol. The molecule has 4 aromatic carbocycles. The molecule has 4 aromatic rings. The Bertz CT molecular complexity index is 1450. The van der Waals surface area contributed by atoms with E-state index in [1.807, 2.05) is 63.2 Å². The molecule has 0 heterocycles. The third-order valence-electron chi connectivity index (χ3n) is 5.97. The maximum atomic E-state index is 12.7. The number of thiol groups is 1. The Balaban J connectivity index is 1.50. The summed E-state index contributed by atoms with van der Waals surface area (Å²) in [5.74, 6) is -0.0252. The van der Waals surface area contributed by atoms with Crippen LogP contribution in [0.1, 0.15) is 32.6 Å². The van der Waals surface area contributed by atoms with Gasteiger partial charge in [-0.25, -0.2) is 12.7 Å².